The average molecular weight is 359 g/mol. The summed E-state index contributed by atoms with van der Waals surface area (Å²) in [5.41, 5.74) is 6.34. The zero-order valence-corrected chi connectivity index (χ0v) is 15.9. The Hall–Kier alpha value is -1.64. The van der Waals surface area contributed by atoms with Crippen LogP contribution in [0.1, 0.15) is 60.2 Å². The molecule has 2 rings (SSSR count). The Morgan fingerprint density at radius 1 is 1.04 bits per heavy atom. The molecule has 0 radical (unpaired) electrons. The van der Waals surface area contributed by atoms with Crippen LogP contribution < -0.4 is 0 Å². The molecule has 0 aliphatic rings. The molecule has 2 nitrogen and oxygen atoms in total. The van der Waals surface area contributed by atoms with Gasteiger partial charge in [-0.15, -0.1) is 11.6 Å². The number of alkyl halides is 1. The van der Waals surface area contributed by atoms with E-state index < -0.39 is 0 Å². The minimum absolute atomic E-state index is 0.0115. The van der Waals surface area contributed by atoms with Gasteiger partial charge in [0.2, 0.25) is 0 Å². The zero-order chi connectivity index (χ0) is 18.2. The number of ketones is 1. The topological polar surface area (TPSA) is 37.3 Å². The van der Waals surface area contributed by atoms with Gasteiger partial charge in [-0.2, -0.15) is 0 Å². The van der Waals surface area contributed by atoms with Crippen LogP contribution in [0.5, 0.6) is 0 Å². The Bertz CT molecular complexity index is 705. The van der Waals surface area contributed by atoms with Gasteiger partial charge in [0.1, 0.15) is 0 Å². The predicted octanol–water partition coefficient (Wildman–Crippen LogP) is 5.56. The summed E-state index contributed by atoms with van der Waals surface area (Å²) in [5.74, 6) is 0.712. The molecule has 0 saturated heterocycles. The molecular weight excluding hydrogens is 332 g/mol. The first-order chi connectivity index (χ1) is 12.1. The Kier molecular flexibility index (Phi) is 7.67. The summed E-state index contributed by atoms with van der Waals surface area (Å²) in [7, 11) is 0. The van der Waals surface area contributed by atoms with Gasteiger partial charge < -0.3 is 5.11 Å². The molecule has 2 aromatic rings. The van der Waals surface area contributed by atoms with Crippen molar-refractivity contribution in [2.75, 3.05) is 5.88 Å². The molecule has 0 amide bonds. The maximum atomic E-state index is 11.5. The van der Waals surface area contributed by atoms with Crippen LogP contribution in [0.25, 0.3) is 11.1 Å². The molecule has 0 unspecified atom stereocenters. The number of hydrogen-bond acceptors (Lipinski definition) is 2. The molecule has 0 atom stereocenters. The molecule has 1 N–H and O–H groups in total. The molecule has 0 spiro atoms. The summed E-state index contributed by atoms with van der Waals surface area (Å²) in [6.45, 7) is 3.77. The Morgan fingerprint density at radius 2 is 1.72 bits per heavy atom. The van der Waals surface area contributed by atoms with E-state index in [0.717, 1.165) is 48.8 Å². The Morgan fingerprint density at radius 3 is 2.28 bits per heavy atom. The summed E-state index contributed by atoms with van der Waals surface area (Å²) in [4.78, 5) is 11.5. The van der Waals surface area contributed by atoms with Gasteiger partial charge in [0.05, 0.1) is 6.61 Å². The van der Waals surface area contributed by atoms with Gasteiger partial charge in [-0.05, 0) is 60.4 Å². The van der Waals surface area contributed by atoms with Gasteiger partial charge >= 0.3 is 0 Å². The van der Waals surface area contributed by atoms with E-state index in [1.54, 1.807) is 6.92 Å². The number of benzene rings is 2. The van der Waals surface area contributed by atoms with Crippen molar-refractivity contribution >= 4 is 17.4 Å². The van der Waals surface area contributed by atoms with Crippen molar-refractivity contribution in [3.05, 3.63) is 58.7 Å². The number of aliphatic hydroxyl groups excluding tert-OH is 1. The molecular formula is C22H27ClO2. The molecule has 134 valence electrons. The quantitative estimate of drug-likeness (QED) is 0.470. The molecule has 0 aliphatic carbocycles. The fourth-order valence-electron chi connectivity index (χ4n) is 3.19. The standard InChI is InChI=1S/C22H27ClO2/c1-3-4-7-20-13-17(6-5-12-23)14-21(15-24)22(20)19-10-8-18(9-11-19)16(2)25/h8-11,13-14,24H,3-7,12,15H2,1-2H3. The van der Waals surface area contributed by atoms with E-state index in [4.69, 9.17) is 11.6 Å². The first-order valence-electron chi connectivity index (χ1n) is 9.03. The number of carbonyl (C=O) groups excluding carboxylic acids is 1. The number of halogens is 1. The van der Waals surface area contributed by atoms with Crippen LogP contribution in [-0.4, -0.2) is 16.8 Å². The van der Waals surface area contributed by atoms with Crippen molar-refractivity contribution in [2.45, 2.75) is 52.6 Å². The molecule has 0 aliphatic heterocycles. The first kappa shape index (κ1) is 19.7. The van der Waals surface area contributed by atoms with Gasteiger partial charge in [0, 0.05) is 11.4 Å². The van der Waals surface area contributed by atoms with Gasteiger partial charge in [-0.3, -0.25) is 4.79 Å². The third-order valence-electron chi connectivity index (χ3n) is 4.51. The highest BCUT2D eigenvalue weighted by atomic mass is 35.5. The lowest BCUT2D eigenvalue weighted by molar-refractivity contribution is 0.101. The number of carbonyl (C=O) groups is 1. The SMILES string of the molecule is CCCCc1cc(CCCCl)cc(CO)c1-c1ccc(C(C)=O)cc1. The van der Waals surface area contributed by atoms with E-state index in [1.165, 1.54) is 11.1 Å². The largest absolute Gasteiger partial charge is 0.392 e. The van der Waals surface area contributed by atoms with Crippen LogP contribution in [0.15, 0.2) is 36.4 Å². The van der Waals surface area contributed by atoms with Crippen molar-refractivity contribution in [1.29, 1.82) is 0 Å². The monoisotopic (exact) mass is 358 g/mol. The molecule has 0 fully saturated rings. The first-order valence-corrected chi connectivity index (χ1v) is 9.57. The molecule has 2 aromatic carbocycles. The van der Waals surface area contributed by atoms with Crippen molar-refractivity contribution < 1.29 is 9.90 Å². The van der Waals surface area contributed by atoms with E-state index in [9.17, 15) is 9.90 Å². The highest BCUT2D eigenvalue weighted by molar-refractivity contribution is 6.17. The summed E-state index contributed by atoms with van der Waals surface area (Å²) < 4.78 is 0. The molecule has 25 heavy (non-hydrogen) atoms. The van der Waals surface area contributed by atoms with Crippen LogP contribution in [0, 0.1) is 0 Å². The summed E-state index contributed by atoms with van der Waals surface area (Å²) in [6, 6.07) is 12.1. The molecule has 0 aromatic heterocycles. The van der Waals surface area contributed by atoms with Crippen LogP contribution in [0.3, 0.4) is 0 Å². The van der Waals surface area contributed by atoms with Gasteiger partial charge in [0.15, 0.2) is 5.78 Å². The van der Waals surface area contributed by atoms with Crippen molar-refractivity contribution in [3.63, 3.8) is 0 Å². The van der Waals surface area contributed by atoms with E-state index in [-0.39, 0.29) is 12.4 Å². The van der Waals surface area contributed by atoms with E-state index in [2.05, 4.69) is 19.1 Å². The van der Waals surface area contributed by atoms with E-state index in [0.29, 0.717) is 11.4 Å². The normalized spacial score (nSPS) is 10.9. The average Bonchev–Trinajstić information content (AvgIpc) is 2.64. The van der Waals surface area contributed by atoms with Gasteiger partial charge in [-0.1, -0.05) is 49.7 Å². The predicted molar refractivity (Wildman–Crippen MR) is 105 cm³/mol. The maximum Gasteiger partial charge on any atom is 0.159 e. The molecule has 0 saturated carbocycles. The Balaban J connectivity index is 2.50. The fourth-order valence-corrected chi connectivity index (χ4v) is 3.32. The number of Topliss-reactive ketones (excluding diaryl/α,β-unsaturated/α-hetero) is 1. The van der Waals surface area contributed by atoms with Crippen LogP contribution in [-0.2, 0) is 19.4 Å². The van der Waals surface area contributed by atoms with Crippen LogP contribution in [0.2, 0.25) is 0 Å². The second-order valence-electron chi connectivity index (χ2n) is 6.48. The van der Waals surface area contributed by atoms with E-state index in [1.807, 2.05) is 24.3 Å². The summed E-state index contributed by atoms with van der Waals surface area (Å²) >= 11 is 5.84. The lowest BCUT2D eigenvalue weighted by Gasteiger charge is -2.17. The molecule has 0 heterocycles. The number of aryl methyl sites for hydroxylation is 2. The van der Waals surface area contributed by atoms with Crippen LogP contribution >= 0.6 is 11.6 Å². The van der Waals surface area contributed by atoms with Crippen molar-refractivity contribution in [2.24, 2.45) is 0 Å². The molecule has 0 bridgehead atoms. The summed E-state index contributed by atoms with van der Waals surface area (Å²) in [6.07, 6.45) is 5.10. The van der Waals surface area contributed by atoms with Crippen LogP contribution in [0.4, 0.5) is 0 Å². The zero-order valence-electron chi connectivity index (χ0n) is 15.1. The fraction of sp³-hybridized carbons (Fsp3) is 0.409. The van der Waals surface area contributed by atoms with Gasteiger partial charge in [0.25, 0.3) is 0 Å². The second-order valence-corrected chi connectivity index (χ2v) is 6.85. The number of aliphatic hydroxyl groups is 1. The van der Waals surface area contributed by atoms with Crippen molar-refractivity contribution in [1.82, 2.24) is 0 Å². The number of rotatable bonds is 9. The highest BCUT2D eigenvalue weighted by Crippen LogP contribution is 2.31. The minimum atomic E-state index is 0.0115. The number of unbranched alkanes of at least 4 members (excludes halogenated alkanes) is 1. The van der Waals surface area contributed by atoms with E-state index >= 15 is 0 Å². The lowest BCUT2D eigenvalue weighted by Crippen LogP contribution is -2.01. The smallest absolute Gasteiger partial charge is 0.159 e. The third-order valence-corrected chi connectivity index (χ3v) is 4.78. The highest BCUT2D eigenvalue weighted by Gasteiger charge is 2.13. The minimum Gasteiger partial charge on any atom is -0.392 e. The summed E-state index contributed by atoms with van der Waals surface area (Å²) in [5, 5.41) is 9.94. The number of hydrogen-bond donors (Lipinski definition) is 1. The third kappa shape index (κ3) is 5.17. The van der Waals surface area contributed by atoms with Gasteiger partial charge in [-0.25, -0.2) is 0 Å². The Labute approximate surface area is 155 Å². The maximum absolute atomic E-state index is 11.5. The molecule has 3 heteroatoms. The second kappa shape index (κ2) is 9.74. The lowest BCUT2D eigenvalue weighted by atomic mass is 9.88. The van der Waals surface area contributed by atoms with Crippen molar-refractivity contribution in [3.8, 4) is 11.1 Å².